The molecule has 0 saturated heterocycles. The van der Waals surface area contributed by atoms with Crippen LogP contribution in [-0.2, 0) is 4.74 Å². The molecule has 0 radical (unpaired) electrons. The van der Waals surface area contributed by atoms with Gasteiger partial charge in [-0.15, -0.1) is 0 Å². The molecule has 0 aliphatic heterocycles. The summed E-state index contributed by atoms with van der Waals surface area (Å²) in [5, 5.41) is 17.8. The van der Waals surface area contributed by atoms with E-state index in [0.717, 1.165) is 6.42 Å². The van der Waals surface area contributed by atoms with Gasteiger partial charge in [-0.1, -0.05) is 76.9 Å². The fourth-order valence-electron chi connectivity index (χ4n) is 2.72. The van der Waals surface area contributed by atoms with E-state index >= 15 is 0 Å². The summed E-state index contributed by atoms with van der Waals surface area (Å²) in [7, 11) is 0. The second-order valence-electron chi connectivity index (χ2n) is 6.85. The largest absolute Gasteiger partial charge is 0.394 e. The van der Waals surface area contributed by atoms with Crippen LogP contribution in [0.5, 0.6) is 0 Å². The van der Waals surface area contributed by atoms with E-state index in [4.69, 9.17) is 14.9 Å². The summed E-state index contributed by atoms with van der Waals surface area (Å²) >= 11 is 0. The summed E-state index contributed by atoms with van der Waals surface area (Å²) in [6, 6.07) is 0. The first kappa shape index (κ1) is 23.6. The summed E-state index contributed by atoms with van der Waals surface area (Å²) in [5.74, 6) is 0. The molecule has 0 heterocycles. The van der Waals surface area contributed by atoms with Crippen LogP contribution in [0.25, 0.3) is 0 Å². The summed E-state index contributed by atoms with van der Waals surface area (Å²) in [5.41, 5.74) is 0. The van der Waals surface area contributed by atoms with E-state index < -0.39 is 6.10 Å². The quantitative estimate of drug-likeness (QED) is 0.244. The molecule has 3 nitrogen and oxygen atoms in total. The summed E-state index contributed by atoms with van der Waals surface area (Å²) in [6.07, 6.45) is 22.3. The van der Waals surface area contributed by atoms with Crippen molar-refractivity contribution < 1.29 is 14.9 Å². The van der Waals surface area contributed by atoms with Gasteiger partial charge in [0.1, 0.15) is 6.10 Å². The van der Waals surface area contributed by atoms with Crippen LogP contribution in [0.15, 0.2) is 12.2 Å². The predicted octanol–water partition coefficient (Wildman–Crippen LogP) is 5.39. The Balaban J connectivity index is 3.08. The molecule has 144 valence electrons. The predicted molar refractivity (Wildman–Crippen MR) is 103 cm³/mol. The summed E-state index contributed by atoms with van der Waals surface area (Å²) in [6.45, 7) is 3.00. The van der Waals surface area contributed by atoms with Gasteiger partial charge in [-0.25, -0.2) is 0 Å². The third-order valence-electron chi connectivity index (χ3n) is 4.32. The van der Waals surface area contributed by atoms with E-state index in [0.29, 0.717) is 6.61 Å². The van der Waals surface area contributed by atoms with Gasteiger partial charge in [0.05, 0.1) is 13.2 Å². The molecule has 0 aromatic carbocycles. The minimum atomic E-state index is -0.723. The van der Waals surface area contributed by atoms with Crippen molar-refractivity contribution in [2.24, 2.45) is 0 Å². The van der Waals surface area contributed by atoms with Gasteiger partial charge in [0.2, 0.25) is 0 Å². The number of rotatable bonds is 19. The fraction of sp³-hybridized carbons (Fsp3) is 0.905. The average molecular weight is 343 g/mol. The molecular weight excluding hydrogens is 300 g/mol. The van der Waals surface area contributed by atoms with E-state index in [9.17, 15) is 0 Å². The van der Waals surface area contributed by atoms with Crippen molar-refractivity contribution in [1.29, 1.82) is 0 Å². The van der Waals surface area contributed by atoms with Crippen LogP contribution in [0.2, 0.25) is 0 Å². The fourth-order valence-corrected chi connectivity index (χ4v) is 2.72. The van der Waals surface area contributed by atoms with E-state index in [1.807, 2.05) is 0 Å². The molecule has 0 aliphatic rings. The van der Waals surface area contributed by atoms with Crippen molar-refractivity contribution in [2.75, 3.05) is 19.8 Å². The average Bonchev–Trinajstić information content (AvgIpc) is 2.60. The lowest BCUT2D eigenvalue weighted by atomic mass is 10.1. The van der Waals surface area contributed by atoms with Gasteiger partial charge in [-0.05, 0) is 32.1 Å². The Kier molecular flexibility index (Phi) is 20.3. The van der Waals surface area contributed by atoms with Crippen LogP contribution in [0.1, 0.15) is 96.8 Å². The van der Waals surface area contributed by atoms with Gasteiger partial charge in [0, 0.05) is 6.61 Å². The molecule has 1 atom stereocenters. The highest BCUT2D eigenvalue weighted by Gasteiger charge is 2.00. The van der Waals surface area contributed by atoms with Crippen molar-refractivity contribution in [3.05, 3.63) is 12.2 Å². The molecular formula is C21H42O3. The second kappa shape index (κ2) is 20.7. The number of hydrogen-bond acceptors (Lipinski definition) is 3. The van der Waals surface area contributed by atoms with Gasteiger partial charge in [-0.3, -0.25) is 0 Å². The Bertz CT molecular complexity index is 253. The van der Waals surface area contributed by atoms with Crippen molar-refractivity contribution in [2.45, 2.75) is 103 Å². The highest BCUT2D eigenvalue weighted by Crippen LogP contribution is 2.10. The Hall–Kier alpha value is -0.380. The van der Waals surface area contributed by atoms with Crippen molar-refractivity contribution in [3.63, 3.8) is 0 Å². The lowest BCUT2D eigenvalue weighted by molar-refractivity contribution is 0.00526. The molecule has 0 fully saturated rings. The highest BCUT2D eigenvalue weighted by molar-refractivity contribution is 4.81. The number of aliphatic hydroxyl groups is 2. The zero-order chi connectivity index (χ0) is 17.7. The molecule has 3 heteroatoms. The van der Waals surface area contributed by atoms with Crippen LogP contribution in [0, 0.1) is 0 Å². The van der Waals surface area contributed by atoms with Crippen LogP contribution >= 0.6 is 0 Å². The van der Waals surface area contributed by atoms with Gasteiger partial charge >= 0.3 is 0 Å². The molecule has 0 unspecified atom stereocenters. The molecule has 0 spiro atoms. The lowest BCUT2D eigenvalue weighted by Crippen LogP contribution is -2.19. The Morgan fingerprint density at radius 2 is 1.25 bits per heavy atom. The minimum absolute atomic E-state index is 0.215. The van der Waals surface area contributed by atoms with E-state index in [2.05, 4.69) is 19.1 Å². The maximum absolute atomic E-state index is 9.11. The summed E-state index contributed by atoms with van der Waals surface area (Å²) < 4.78 is 5.29. The number of hydrogen-bond donors (Lipinski definition) is 2. The topological polar surface area (TPSA) is 49.7 Å². The van der Waals surface area contributed by atoms with E-state index in [-0.39, 0.29) is 13.2 Å². The first-order chi connectivity index (χ1) is 11.8. The molecule has 0 bridgehead atoms. The normalized spacial score (nSPS) is 13.0. The molecule has 0 aromatic rings. The highest BCUT2D eigenvalue weighted by atomic mass is 16.5. The van der Waals surface area contributed by atoms with Crippen molar-refractivity contribution >= 4 is 0 Å². The second-order valence-corrected chi connectivity index (χ2v) is 6.85. The SMILES string of the molecule is CCCCCCCCC=CCCCCCCCCOC[C@@H](O)CO. The van der Waals surface area contributed by atoms with Crippen molar-refractivity contribution in [1.82, 2.24) is 0 Å². The van der Waals surface area contributed by atoms with Crippen LogP contribution in [0.3, 0.4) is 0 Å². The zero-order valence-electron chi connectivity index (χ0n) is 16.1. The van der Waals surface area contributed by atoms with E-state index in [1.165, 1.54) is 83.5 Å². The third kappa shape index (κ3) is 19.7. The zero-order valence-corrected chi connectivity index (χ0v) is 16.1. The molecule has 0 rings (SSSR count). The molecule has 0 aliphatic carbocycles. The number of allylic oxidation sites excluding steroid dienone is 2. The molecule has 0 aromatic heterocycles. The number of aliphatic hydroxyl groups excluding tert-OH is 2. The molecule has 0 saturated carbocycles. The molecule has 0 amide bonds. The molecule has 2 N–H and O–H groups in total. The van der Waals surface area contributed by atoms with E-state index in [1.54, 1.807) is 0 Å². The van der Waals surface area contributed by atoms with Crippen LogP contribution in [0.4, 0.5) is 0 Å². The first-order valence-electron chi connectivity index (χ1n) is 10.3. The smallest absolute Gasteiger partial charge is 0.100 e. The van der Waals surface area contributed by atoms with Gasteiger partial charge in [0.25, 0.3) is 0 Å². The lowest BCUT2D eigenvalue weighted by Gasteiger charge is -2.07. The standard InChI is InChI=1S/C21H42O3/c1-2-3-4-5-6-7-8-9-10-11-12-13-14-15-16-17-18-24-20-21(23)19-22/h9-10,21-23H,2-8,11-20H2,1H3/t21-/m0/s1. The monoisotopic (exact) mass is 342 g/mol. The number of ether oxygens (including phenoxy) is 1. The van der Waals surface area contributed by atoms with Gasteiger partial charge in [0.15, 0.2) is 0 Å². The van der Waals surface area contributed by atoms with Crippen LogP contribution < -0.4 is 0 Å². The van der Waals surface area contributed by atoms with Gasteiger partial charge in [-0.2, -0.15) is 0 Å². The third-order valence-corrected chi connectivity index (χ3v) is 4.32. The maximum Gasteiger partial charge on any atom is 0.100 e. The Morgan fingerprint density at radius 1 is 0.750 bits per heavy atom. The summed E-state index contributed by atoms with van der Waals surface area (Å²) in [4.78, 5) is 0. The number of unbranched alkanes of at least 4 members (excludes halogenated alkanes) is 12. The molecule has 24 heavy (non-hydrogen) atoms. The maximum atomic E-state index is 9.11. The first-order valence-corrected chi connectivity index (χ1v) is 10.3. The minimum Gasteiger partial charge on any atom is -0.394 e. The Labute approximate surface area is 150 Å². The Morgan fingerprint density at radius 3 is 1.79 bits per heavy atom. The van der Waals surface area contributed by atoms with Gasteiger partial charge < -0.3 is 14.9 Å². The van der Waals surface area contributed by atoms with Crippen molar-refractivity contribution in [3.8, 4) is 0 Å². The van der Waals surface area contributed by atoms with Crippen LogP contribution in [-0.4, -0.2) is 36.1 Å².